The summed E-state index contributed by atoms with van der Waals surface area (Å²) >= 11 is 12.6. The standard InChI is InChI=1S/C23H20Cl2N8O2/c1-13(30-20-5-4-19(33(34)35)22(26)31-20)11-28-23-29-12-17(14-6-8-27-9-7-14)21(32-23)16-3-2-15(24)10-18(16)25/h2-10,12-13H,11H2,1H3,(H3,26,30,31)(H,28,29,32). The molecule has 35 heavy (non-hydrogen) atoms. The lowest BCUT2D eigenvalue weighted by Crippen LogP contribution is -2.26. The van der Waals surface area contributed by atoms with E-state index in [0.717, 1.165) is 11.1 Å². The van der Waals surface area contributed by atoms with E-state index < -0.39 is 4.92 Å². The van der Waals surface area contributed by atoms with E-state index in [0.29, 0.717) is 39.6 Å². The summed E-state index contributed by atoms with van der Waals surface area (Å²) in [6.07, 6.45) is 5.11. The number of nitrogens with zero attached hydrogens (tertiary/aromatic N) is 5. The number of nitro groups is 1. The first-order valence-corrected chi connectivity index (χ1v) is 11.2. The molecule has 0 amide bonds. The molecule has 178 valence electrons. The molecule has 0 saturated heterocycles. The lowest BCUT2D eigenvalue weighted by Gasteiger charge is -2.17. The Balaban J connectivity index is 1.55. The molecule has 1 unspecified atom stereocenters. The summed E-state index contributed by atoms with van der Waals surface area (Å²) in [5.41, 5.74) is 8.46. The van der Waals surface area contributed by atoms with Gasteiger partial charge in [0, 0.05) is 53.4 Å². The second kappa shape index (κ2) is 10.5. The Morgan fingerprint density at radius 2 is 1.86 bits per heavy atom. The highest BCUT2D eigenvalue weighted by atomic mass is 35.5. The molecule has 0 aliphatic rings. The second-order valence-corrected chi connectivity index (χ2v) is 8.44. The largest absolute Gasteiger partial charge is 0.378 e. The summed E-state index contributed by atoms with van der Waals surface area (Å²) in [4.78, 5) is 27.6. The van der Waals surface area contributed by atoms with Crippen LogP contribution in [0.3, 0.4) is 0 Å². The van der Waals surface area contributed by atoms with Gasteiger partial charge in [-0.2, -0.15) is 0 Å². The normalized spacial score (nSPS) is 11.6. The van der Waals surface area contributed by atoms with Gasteiger partial charge in [0.05, 0.1) is 15.6 Å². The first-order valence-electron chi connectivity index (χ1n) is 10.5. The number of halogens is 2. The molecule has 4 aromatic rings. The molecule has 0 saturated carbocycles. The van der Waals surface area contributed by atoms with Crippen molar-refractivity contribution in [3.63, 3.8) is 0 Å². The number of nitrogens with two attached hydrogens (primary N) is 1. The van der Waals surface area contributed by atoms with Crippen LogP contribution in [-0.4, -0.2) is 37.4 Å². The van der Waals surface area contributed by atoms with Gasteiger partial charge in [-0.15, -0.1) is 0 Å². The number of rotatable bonds is 8. The minimum absolute atomic E-state index is 0.130. The summed E-state index contributed by atoms with van der Waals surface area (Å²) in [6.45, 7) is 2.34. The molecule has 1 atom stereocenters. The Kier molecular flexibility index (Phi) is 7.23. The fourth-order valence-electron chi connectivity index (χ4n) is 3.35. The van der Waals surface area contributed by atoms with Gasteiger partial charge in [-0.05, 0) is 48.9 Å². The second-order valence-electron chi connectivity index (χ2n) is 7.60. The highest BCUT2D eigenvalue weighted by molar-refractivity contribution is 6.36. The molecule has 0 aliphatic heterocycles. The van der Waals surface area contributed by atoms with Crippen LogP contribution in [0.1, 0.15) is 6.92 Å². The van der Waals surface area contributed by atoms with Crippen LogP contribution < -0.4 is 16.4 Å². The zero-order chi connectivity index (χ0) is 24.9. The number of pyridine rings is 2. The quantitative estimate of drug-likeness (QED) is 0.212. The predicted molar refractivity (Wildman–Crippen MR) is 138 cm³/mol. The van der Waals surface area contributed by atoms with Crippen molar-refractivity contribution < 1.29 is 4.92 Å². The number of hydrogen-bond donors (Lipinski definition) is 3. The van der Waals surface area contributed by atoms with E-state index in [9.17, 15) is 10.1 Å². The van der Waals surface area contributed by atoms with E-state index in [-0.39, 0.29) is 17.5 Å². The van der Waals surface area contributed by atoms with Gasteiger partial charge in [0.25, 0.3) is 0 Å². The minimum atomic E-state index is -0.575. The minimum Gasteiger partial charge on any atom is -0.378 e. The number of anilines is 3. The number of nitrogens with one attached hydrogen (secondary N) is 2. The molecule has 0 fully saturated rings. The first-order chi connectivity index (χ1) is 16.8. The SMILES string of the molecule is CC(CNc1ncc(-c2ccncc2)c(-c2ccc(Cl)cc2Cl)n1)Nc1ccc([N+](=O)[O-])c(N)n1. The zero-order valence-electron chi connectivity index (χ0n) is 18.4. The van der Waals surface area contributed by atoms with Crippen molar-refractivity contribution in [3.8, 4) is 22.4 Å². The van der Waals surface area contributed by atoms with Crippen molar-refractivity contribution in [2.45, 2.75) is 13.0 Å². The van der Waals surface area contributed by atoms with Gasteiger partial charge < -0.3 is 16.4 Å². The average Bonchev–Trinajstić information content (AvgIpc) is 2.83. The van der Waals surface area contributed by atoms with Crippen molar-refractivity contribution in [1.82, 2.24) is 19.9 Å². The van der Waals surface area contributed by atoms with Crippen LogP contribution in [0.15, 0.2) is 61.1 Å². The summed E-state index contributed by atoms with van der Waals surface area (Å²) in [5, 5.41) is 18.3. The van der Waals surface area contributed by atoms with E-state index >= 15 is 0 Å². The fourth-order valence-corrected chi connectivity index (χ4v) is 3.84. The van der Waals surface area contributed by atoms with Gasteiger partial charge in [-0.25, -0.2) is 15.0 Å². The summed E-state index contributed by atoms with van der Waals surface area (Å²) in [7, 11) is 0. The average molecular weight is 511 g/mol. The smallest absolute Gasteiger partial charge is 0.311 e. The molecule has 4 rings (SSSR count). The fraction of sp³-hybridized carbons (Fsp3) is 0.130. The van der Waals surface area contributed by atoms with E-state index in [2.05, 4.69) is 25.6 Å². The lowest BCUT2D eigenvalue weighted by atomic mass is 10.0. The summed E-state index contributed by atoms with van der Waals surface area (Å²) in [6, 6.07) is 11.7. The monoisotopic (exact) mass is 510 g/mol. The molecule has 4 N–H and O–H groups in total. The lowest BCUT2D eigenvalue weighted by molar-refractivity contribution is -0.384. The van der Waals surface area contributed by atoms with Crippen molar-refractivity contribution in [2.24, 2.45) is 0 Å². The molecule has 0 spiro atoms. The number of benzene rings is 1. The predicted octanol–water partition coefficient (Wildman–Crippen LogP) is 5.31. The van der Waals surface area contributed by atoms with Gasteiger partial charge in [0.15, 0.2) is 0 Å². The molecule has 12 heteroatoms. The van der Waals surface area contributed by atoms with Crippen molar-refractivity contribution in [3.05, 3.63) is 81.2 Å². The molecule has 0 bridgehead atoms. The maximum absolute atomic E-state index is 10.9. The molecular formula is C23H20Cl2N8O2. The third-order valence-electron chi connectivity index (χ3n) is 5.03. The Morgan fingerprint density at radius 3 is 2.54 bits per heavy atom. The number of nitrogen functional groups attached to an aromatic ring is 1. The summed E-state index contributed by atoms with van der Waals surface area (Å²) < 4.78 is 0. The van der Waals surface area contributed by atoms with Gasteiger partial charge in [0.2, 0.25) is 11.8 Å². The Bertz CT molecular complexity index is 1370. The maximum Gasteiger partial charge on any atom is 0.311 e. The highest BCUT2D eigenvalue weighted by Gasteiger charge is 2.16. The summed E-state index contributed by atoms with van der Waals surface area (Å²) in [5.74, 6) is 0.665. The zero-order valence-corrected chi connectivity index (χ0v) is 20.0. The van der Waals surface area contributed by atoms with E-state index in [1.165, 1.54) is 12.1 Å². The molecule has 3 aromatic heterocycles. The van der Waals surface area contributed by atoms with Crippen LogP contribution in [-0.2, 0) is 0 Å². The topological polar surface area (TPSA) is 145 Å². The van der Waals surface area contributed by atoms with Gasteiger partial charge in [-0.3, -0.25) is 15.1 Å². The van der Waals surface area contributed by atoms with E-state index in [1.54, 1.807) is 30.7 Å². The van der Waals surface area contributed by atoms with Crippen LogP contribution in [0.2, 0.25) is 10.0 Å². The van der Waals surface area contributed by atoms with Gasteiger partial charge >= 0.3 is 5.69 Å². The van der Waals surface area contributed by atoms with Crippen LogP contribution in [0, 0.1) is 10.1 Å². The Labute approximate surface area is 210 Å². The Morgan fingerprint density at radius 1 is 1.09 bits per heavy atom. The van der Waals surface area contributed by atoms with Crippen LogP contribution in [0.4, 0.5) is 23.3 Å². The highest BCUT2D eigenvalue weighted by Crippen LogP contribution is 2.36. The molecule has 10 nitrogen and oxygen atoms in total. The van der Waals surface area contributed by atoms with Gasteiger partial charge in [0.1, 0.15) is 5.82 Å². The van der Waals surface area contributed by atoms with Crippen molar-refractivity contribution in [1.29, 1.82) is 0 Å². The molecule has 1 aromatic carbocycles. The third kappa shape index (κ3) is 5.73. The van der Waals surface area contributed by atoms with E-state index in [1.807, 2.05) is 25.1 Å². The molecule has 0 aliphatic carbocycles. The van der Waals surface area contributed by atoms with E-state index in [4.69, 9.17) is 33.9 Å². The molecule has 0 radical (unpaired) electrons. The molecule has 3 heterocycles. The van der Waals surface area contributed by atoms with Gasteiger partial charge in [-0.1, -0.05) is 23.2 Å². The molecular weight excluding hydrogens is 491 g/mol. The van der Waals surface area contributed by atoms with Crippen molar-refractivity contribution >= 4 is 46.5 Å². The number of aromatic nitrogens is 4. The van der Waals surface area contributed by atoms with Crippen LogP contribution in [0.25, 0.3) is 22.4 Å². The van der Waals surface area contributed by atoms with Crippen LogP contribution in [0.5, 0.6) is 0 Å². The van der Waals surface area contributed by atoms with Crippen molar-refractivity contribution in [2.75, 3.05) is 22.9 Å². The Hall–Kier alpha value is -4.02. The third-order valence-corrected chi connectivity index (χ3v) is 5.57. The maximum atomic E-state index is 10.9. The first kappa shape index (κ1) is 24.1. The van der Waals surface area contributed by atoms with Crippen LogP contribution >= 0.6 is 23.2 Å². The number of hydrogen-bond acceptors (Lipinski definition) is 9.